The summed E-state index contributed by atoms with van der Waals surface area (Å²) in [7, 11) is -4.03. The maximum Gasteiger partial charge on any atom is 0.248 e. The van der Waals surface area contributed by atoms with E-state index in [1.807, 2.05) is 6.07 Å². The van der Waals surface area contributed by atoms with Crippen LogP contribution in [0.2, 0.25) is 0 Å². The van der Waals surface area contributed by atoms with Gasteiger partial charge >= 0.3 is 0 Å². The van der Waals surface area contributed by atoms with E-state index in [-0.39, 0.29) is 40.9 Å². The van der Waals surface area contributed by atoms with Crippen molar-refractivity contribution in [3.8, 4) is 6.07 Å². The number of nitrogens with one attached hydrogen (secondary N) is 1. The Hall–Kier alpha value is -3.81. The van der Waals surface area contributed by atoms with E-state index in [1.165, 1.54) is 29.4 Å². The lowest BCUT2D eigenvalue weighted by atomic mass is 9.98. The summed E-state index contributed by atoms with van der Waals surface area (Å²) in [5.41, 5.74) is 1.47. The molecule has 180 valence electrons. The lowest BCUT2D eigenvalue weighted by Gasteiger charge is -2.31. The third kappa shape index (κ3) is 5.31. The molecule has 8 nitrogen and oxygen atoms in total. The van der Waals surface area contributed by atoms with E-state index in [0.29, 0.717) is 24.1 Å². The molecule has 1 aliphatic heterocycles. The highest BCUT2D eigenvalue weighted by atomic mass is 32.2. The molecule has 0 spiro atoms. The molecule has 1 saturated heterocycles. The predicted molar refractivity (Wildman–Crippen MR) is 128 cm³/mol. The molecular weight excluding hydrogens is 471 g/mol. The summed E-state index contributed by atoms with van der Waals surface area (Å²) >= 11 is 0. The Kier molecular flexibility index (Phi) is 7.10. The van der Waals surface area contributed by atoms with Crippen LogP contribution in [-0.4, -0.2) is 36.9 Å². The van der Waals surface area contributed by atoms with Crippen molar-refractivity contribution >= 4 is 33.8 Å². The summed E-state index contributed by atoms with van der Waals surface area (Å²) in [4.78, 5) is 12.7. The third-order valence-electron chi connectivity index (χ3n) is 5.79. The molecule has 1 unspecified atom stereocenters. The van der Waals surface area contributed by atoms with E-state index in [4.69, 9.17) is 9.78 Å². The highest BCUT2D eigenvalue weighted by molar-refractivity contribution is 7.89. The van der Waals surface area contributed by atoms with Crippen molar-refractivity contribution in [1.82, 2.24) is 9.46 Å². The van der Waals surface area contributed by atoms with Gasteiger partial charge in [0.25, 0.3) is 0 Å². The van der Waals surface area contributed by atoms with E-state index in [0.717, 1.165) is 0 Å². The average Bonchev–Trinajstić information content (AvgIpc) is 3.25. The molecule has 0 bridgehead atoms. The topological polar surface area (TPSA) is 116 Å². The quantitative estimate of drug-likeness (QED) is 0.549. The number of nitriles is 1. The van der Waals surface area contributed by atoms with Crippen LogP contribution in [0.15, 0.2) is 57.9 Å². The Balaban J connectivity index is 1.53. The van der Waals surface area contributed by atoms with Crippen molar-refractivity contribution in [3.63, 3.8) is 0 Å². The zero-order valence-corrected chi connectivity index (χ0v) is 19.8. The number of sulfonamides is 1. The van der Waals surface area contributed by atoms with Gasteiger partial charge in [-0.2, -0.15) is 9.57 Å². The minimum atomic E-state index is -4.03. The number of carbonyl (C=O) groups is 1. The van der Waals surface area contributed by atoms with Crippen molar-refractivity contribution in [2.45, 2.75) is 24.7 Å². The van der Waals surface area contributed by atoms with Crippen molar-refractivity contribution in [2.75, 3.05) is 18.4 Å². The molecule has 10 heteroatoms. The number of hydrogen-bond donors (Lipinski definition) is 1. The minimum absolute atomic E-state index is 0.00471. The Morgan fingerprint density at radius 2 is 1.97 bits per heavy atom. The Labute approximate surface area is 202 Å². The third-order valence-corrected chi connectivity index (χ3v) is 7.81. The average molecular weight is 495 g/mol. The first-order valence-electron chi connectivity index (χ1n) is 11.0. The molecule has 1 atom stereocenters. The number of carbonyl (C=O) groups excluding carboxylic acids is 1. The molecule has 0 saturated carbocycles. The first-order chi connectivity index (χ1) is 16.8. The van der Waals surface area contributed by atoms with Crippen LogP contribution in [0, 0.1) is 30.0 Å². The number of aromatic nitrogens is 1. The summed E-state index contributed by atoms with van der Waals surface area (Å²) in [6.07, 6.45) is 3.86. The van der Waals surface area contributed by atoms with Gasteiger partial charge in [-0.1, -0.05) is 23.4 Å². The summed E-state index contributed by atoms with van der Waals surface area (Å²) in [6.45, 7) is 1.78. The molecule has 1 aliphatic rings. The number of nitrogens with zero attached hydrogens (tertiary/aromatic N) is 3. The fourth-order valence-electron chi connectivity index (χ4n) is 3.95. The number of hydrogen-bond acceptors (Lipinski definition) is 6. The van der Waals surface area contributed by atoms with Gasteiger partial charge in [-0.3, -0.25) is 4.79 Å². The molecule has 1 amide bonds. The second-order valence-corrected chi connectivity index (χ2v) is 10.1. The van der Waals surface area contributed by atoms with Gasteiger partial charge in [0.05, 0.1) is 17.6 Å². The van der Waals surface area contributed by atoms with Gasteiger partial charge in [-0.15, -0.1) is 0 Å². The van der Waals surface area contributed by atoms with Crippen molar-refractivity contribution in [1.29, 1.82) is 5.26 Å². The van der Waals surface area contributed by atoms with Crippen LogP contribution in [-0.2, 0) is 14.8 Å². The predicted octanol–water partition coefficient (Wildman–Crippen LogP) is 4.20. The van der Waals surface area contributed by atoms with Gasteiger partial charge in [0, 0.05) is 24.3 Å². The fraction of sp³-hybridized carbons (Fsp3) is 0.240. The highest BCUT2D eigenvalue weighted by Crippen LogP contribution is 2.30. The van der Waals surface area contributed by atoms with Crippen LogP contribution < -0.4 is 5.32 Å². The van der Waals surface area contributed by atoms with Gasteiger partial charge in [0.2, 0.25) is 15.9 Å². The van der Waals surface area contributed by atoms with E-state index in [9.17, 15) is 17.6 Å². The van der Waals surface area contributed by atoms with Gasteiger partial charge in [0.15, 0.2) is 10.7 Å². The molecule has 4 rings (SSSR count). The normalized spacial score (nSPS) is 16.8. The number of amides is 1. The fourth-order valence-corrected chi connectivity index (χ4v) is 5.72. The summed E-state index contributed by atoms with van der Waals surface area (Å²) < 4.78 is 47.5. The van der Waals surface area contributed by atoms with Crippen LogP contribution in [0.3, 0.4) is 0 Å². The lowest BCUT2D eigenvalue weighted by Crippen LogP contribution is -2.43. The van der Waals surface area contributed by atoms with Crippen LogP contribution in [0.25, 0.3) is 12.2 Å². The van der Waals surface area contributed by atoms with Gasteiger partial charge in [0.1, 0.15) is 11.5 Å². The van der Waals surface area contributed by atoms with Crippen molar-refractivity contribution < 1.29 is 22.1 Å². The largest absolute Gasteiger partial charge is 0.355 e. The minimum Gasteiger partial charge on any atom is -0.355 e. The van der Waals surface area contributed by atoms with Crippen molar-refractivity contribution in [3.05, 3.63) is 76.9 Å². The maximum absolute atomic E-state index is 14.0. The van der Waals surface area contributed by atoms with Crippen LogP contribution >= 0.6 is 0 Å². The zero-order valence-electron chi connectivity index (χ0n) is 18.9. The van der Waals surface area contributed by atoms with E-state index < -0.39 is 21.8 Å². The number of anilines is 1. The summed E-state index contributed by atoms with van der Waals surface area (Å²) in [5.74, 6) is -1.30. The monoisotopic (exact) mass is 494 g/mol. The number of halogens is 1. The number of piperidine rings is 1. The van der Waals surface area contributed by atoms with E-state index in [1.54, 1.807) is 42.5 Å². The number of aryl methyl sites for hydroxylation is 1. The molecule has 0 aliphatic carbocycles. The van der Waals surface area contributed by atoms with Crippen molar-refractivity contribution in [2.24, 2.45) is 5.92 Å². The Bertz CT molecular complexity index is 1410. The maximum atomic E-state index is 14.0. The van der Waals surface area contributed by atoms with E-state index in [2.05, 4.69) is 10.5 Å². The molecule has 2 aromatic carbocycles. The van der Waals surface area contributed by atoms with Crippen LogP contribution in [0.5, 0.6) is 0 Å². The molecule has 0 radical (unpaired) electrons. The standard InChI is InChI=1S/C25H23FN4O4S/c1-17-24(23(34-29-17)13-10-19-5-2-3-7-22(19)26)35(32,33)30-14-4-6-20(16-30)25(31)28-21-11-8-18(15-27)9-12-21/h2-3,5,7-13,20H,4,6,14,16H2,1H3,(H,28,31). The smallest absolute Gasteiger partial charge is 0.248 e. The Morgan fingerprint density at radius 1 is 1.23 bits per heavy atom. The SMILES string of the molecule is Cc1noc(C=Cc2ccccc2F)c1S(=O)(=O)N1CCCC(C(=O)Nc2ccc(C#N)cc2)C1. The second kappa shape index (κ2) is 10.2. The molecule has 2 heterocycles. The number of benzene rings is 2. The lowest BCUT2D eigenvalue weighted by molar-refractivity contribution is -0.120. The Morgan fingerprint density at radius 3 is 2.69 bits per heavy atom. The molecular formula is C25H23FN4O4S. The first-order valence-corrected chi connectivity index (χ1v) is 12.4. The molecule has 3 aromatic rings. The summed E-state index contributed by atoms with van der Waals surface area (Å²) in [5, 5.41) is 15.5. The molecule has 1 N–H and O–H groups in total. The number of rotatable bonds is 6. The first kappa shape index (κ1) is 24.3. The van der Waals surface area contributed by atoms with Gasteiger partial charge in [-0.05, 0) is 62.2 Å². The molecule has 1 fully saturated rings. The van der Waals surface area contributed by atoms with Gasteiger partial charge < -0.3 is 9.84 Å². The van der Waals surface area contributed by atoms with Gasteiger partial charge in [-0.25, -0.2) is 12.8 Å². The molecule has 35 heavy (non-hydrogen) atoms. The molecule has 1 aromatic heterocycles. The van der Waals surface area contributed by atoms with Crippen LogP contribution in [0.4, 0.5) is 10.1 Å². The summed E-state index contributed by atoms with van der Waals surface area (Å²) in [6, 6.07) is 14.6. The van der Waals surface area contributed by atoms with Crippen LogP contribution in [0.1, 0.15) is 35.4 Å². The second-order valence-electron chi connectivity index (χ2n) is 8.20. The van der Waals surface area contributed by atoms with E-state index >= 15 is 0 Å². The highest BCUT2D eigenvalue weighted by Gasteiger charge is 2.37. The zero-order chi connectivity index (χ0) is 25.0.